The predicted molar refractivity (Wildman–Crippen MR) is 75.1 cm³/mol. The Morgan fingerprint density at radius 1 is 1.32 bits per heavy atom. The molecule has 0 unspecified atom stereocenters. The van der Waals surface area contributed by atoms with Crippen molar-refractivity contribution in [2.75, 3.05) is 40.4 Å². The van der Waals surface area contributed by atoms with Crippen molar-refractivity contribution in [1.29, 1.82) is 0 Å². The molecule has 0 radical (unpaired) electrons. The van der Waals surface area contributed by atoms with Gasteiger partial charge in [0, 0.05) is 31.3 Å². The van der Waals surface area contributed by atoms with Gasteiger partial charge in [-0.25, -0.2) is 0 Å². The molecular weight excluding hydrogens is 242 g/mol. The first-order valence-electron chi connectivity index (χ1n) is 7.38. The van der Waals surface area contributed by atoms with Gasteiger partial charge in [-0.3, -0.25) is 4.79 Å². The van der Waals surface area contributed by atoms with Crippen LogP contribution in [0.25, 0.3) is 0 Å². The van der Waals surface area contributed by atoms with Crippen LogP contribution in [-0.4, -0.2) is 62.8 Å². The lowest BCUT2D eigenvalue weighted by Gasteiger charge is -2.47. The van der Waals surface area contributed by atoms with Gasteiger partial charge in [-0.1, -0.05) is 0 Å². The molecule has 2 N–H and O–H groups in total. The lowest BCUT2D eigenvalue weighted by molar-refractivity contribution is -0.121. The molecule has 0 spiro atoms. The third-order valence-electron chi connectivity index (χ3n) is 4.56. The summed E-state index contributed by atoms with van der Waals surface area (Å²) in [4.78, 5) is 14.1. The molecule has 2 fully saturated rings. The minimum atomic E-state index is 0.111. The highest BCUT2D eigenvalue weighted by molar-refractivity contribution is 5.78. The minimum absolute atomic E-state index is 0.111. The summed E-state index contributed by atoms with van der Waals surface area (Å²) in [6.45, 7) is 2.86. The molecule has 1 saturated heterocycles. The normalized spacial score (nSPS) is 23.1. The maximum atomic E-state index is 11.8. The van der Waals surface area contributed by atoms with Gasteiger partial charge >= 0.3 is 0 Å². The van der Waals surface area contributed by atoms with E-state index < -0.39 is 0 Å². The fourth-order valence-corrected chi connectivity index (χ4v) is 2.90. The van der Waals surface area contributed by atoms with Crippen molar-refractivity contribution in [2.45, 2.75) is 43.7 Å². The van der Waals surface area contributed by atoms with Crippen LogP contribution in [-0.2, 0) is 9.53 Å². The summed E-state index contributed by atoms with van der Waals surface area (Å²) in [5, 5.41) is 6.39. The van der Waals surface area contributed by atoms with Crippen molar-refractivity contribution in [1.82, 2.24) is 15.5 Å². The average molecular weight is 269 g/mol. The SMILES string of the molecule is CN(C)C1(CNCC(=O)NC2CCOCC2)CCC1. The van der Waals surface area contributed by atoms with Crippen molar-refractivity contribution in [3.63, 3.8) is 0 Å². The van der Waals surface area contributed by atoms with Gasteiger partial charge in [0.1, 0.15) is 0 Å². The standard InChI is InChI=1S/C14H27N3O2/c1-17(2)14(6-3-7-14)11-15-10-13(18)16-12-4-8-19-9-5-12/h12,15H,3-11H2,1-2H3,(H,16,18). The summed E-state index contributed by atoms with van der Waals surface area (Å²) in [7, 11) is 4.26. The number of hydrogen-bond donors (Lipinski definition) is 2. The van der Waals surface area contributed by atoms with E-state index >= 15 is 0 Å². The molecule has 2 rings (SSSR count). The topological polar surface area (TPSA) is 53.6 Å². The number of hydrogen-bond acceptors (Lipinski definition) is 4. The van der Waals surface area contributed by atoms with Crippen LogP contribution in [0.5, 0.6) is 0 Å². The van der Waals surface area contributed by atoms with Gasteiger partial charge in [-0.05, 0) is 46.2 Å². The second-order valence-corrected chi connectivity index (χ2v) is 6.03. The number of rotatable bonds is 6. The van der Waals surface area contributed by atoms with Crippen LogP contribution in [0, 0.1) is 0 Å². The highest BCUT2D eigenvalue weighted by Gasteiger charge is 2.38. The maximum Gasteiger partial charge on any atom is 0.234 e. The molecule has 0 bridgehead atoms. The molecule has 0 atom stereocenters. The Hall–Kier alpha value is -0.650. The van der Waals surface area contributed by atoms with Crippen LogP contribution in [0.2, 0.25) is 0 Å². The second kappa shape index (κ2) is 6.68. The number of nitrogens with one attached hydrogen (secondary N) is 2. The Kier molecular flexibility index (Phi) is 5.19. The second-order valence-electron chi connectivity index (χ2n) is 6.03. The largest absolute Gasteiger partial charge is 0.381 e. The quantitative estimate of drug-likeness (QED) is 0.731. The Bertz CT molecular complexity index is 297. The van der Waals surface area contributed by atoms with Crippen LogP contribution in [0.1, 0.15) is 32.1 Å². The fraction of sp³-hybridized carbons (Fsp3) is 0.929. The maximum absolute atomic E-state index is 11.8. The van der Waals surface area contributed by atoms with Gasteiger partial charge < -0.3 is 20.3 Å². The Morgan fingerprint density at radius 2 is 2.00 bits per heavy atom. The summed E-state index contributed by atoms with van der Waals surface area (Å²) in [6, 6.07) is 0.301. The van der Waals surface area contributed by atoms with E-state index in [1.165, 1.54) is 19.3 Å². The van der Waals surface area contributed by atoms with E-state index in [4.69, 9.17) is 4.74 Å². The van der Waals surface area contributed by atoms with E-state index in [-0.39, 0.29) is 11.4 Å². The molecule has 5 heteroatoms. The smallest absolute Gasteiger partial charge is 0.234 e. The third-order valence-corrected chi connectivity index (χ3v) is 4.56. The molecule has 1 aliphatic heterocycles. The van der Waals surface area contributed by atoms with Gasteiger partial charge in [0.2, 0.25) is 5.91 Å². The summed E-state index contributed by atoms with van der Waals surface area (Å²) in [5.74, 6) is 0.111. The summed E-state index contributed by atoms with van der Waals surface area (Å²) < 4.78 is 5.28. The molecule has 110 valence electrons. The lowest BCUT2D eigenvalue weighted by atomic mass is 9.75. The van der Waals surface area contributed by atoms with Crippen LogP contribution < -0.4 is 10.6 Å². The van der Waals surface area contributed by atoms with Crippen LogP contribution >= 0.6 is 0 Å². The molecule has 1 saturated carbocycles. The number of carbonyl (C=O) groups excluding carboxylic acids is 1. The minimum Gasteiger partial charge on any atom is -0.381 e. The van der Waals surface area contributed by atoms with Crippen LogP contribution in [0.15, 0.2) is 0 Å². The van der Waals surface area contributed by atoms with E-state index in [9.17, 15) is 4.79 Å². The average Bonchev–Trinajstić information content (AvgIpc) is 2.33. The molecule has 0 aromatic carbocycles. The Morgan fingerprint density at radius 3 is 2.53 bits per heavy atom. The molecule has 0 aromatic rings. The lowest BCUT2D eigenvalue weighted by Crippen LogP contribution is -2.57. The van der Waals surface area contributed by atoms with Crippen LogP contribution in [0.4, 0.5) is 0 Å². The molecule has 2 aliphatic rings. The van der Waals surface area contributed by atoms with E-state index in [1.54, 1.807) is 0 Å². The van der Waals surface area contributed by atoms with Crippen molar-refractivity contribution in [2.24, 2.45) is 0 Å². The monoisotopic (exact) mass is 269 g/mol. The summed E-state index contributed by atoms with van der Waals surface area (Å²) in [6.07, 6.45) is 5.64. The molecular formula is C14H27N3O2. The van der Waals surface area contributed by atoms with Gasteiger partial charge in [0.25, 0.3) is 0 Å². The number of amides is 1. The third kappa shape index (κ3) is 3.91. The van der Waals surface area contributed by atoms with Crippen molar-refractivity contribution < 1.29 is 9.53 Å². The first-order valence-corrected chi connectivity index (χ1v) is 7.38. The number of carbonyl (C=O) groups is 1. The molecule has 19 heavy (non-hydrogen) atoms. The van der Waals surface area contributed by atoms with Gasteiger partial charge in [0.05, 0.1) is 6.54 Å². The van der Waals surface area contributed by atoms with Crippen molar-refractivity contribution in [3.8, 4) is 0 Å². The predicted octanol–water partition coefficient (Wildman–Crippen LogP) is 0.356. The van der Waals surface area contributed by atoms with Gasteiger partial charge in [-0.2, -0.15) is 0 Å². The van der Waals surface area contributed by atoms with Gasteiger partial charge in [-0.15, -0.1) is 0 Å². The number of ether oxygens (including phenoxy) is 1. The molecule has 1 amide bonds. The first-order chi connectivity index (χ1) is 9.12. The fourth-order valence-electron chi connectivity index (χ4n) is 2.90. The summed E-state index contributed by atoms with van der Waals surface area (Å²) >= 11 is 0. The zero-order valence-corrected chi connectivity index (χ0v) is 12.2. The molecule has 5 nitrogen and oxygen atoms in total. The number of likely N-dealkylation sites (N-methyl/N-ethyl adjacent to an activating group) is 1. The highest BCUT2D eigenvalue weighted by atomic mass is 16.5. The van der Waals surface area contributed by atoms with E-state index in [1.807, 2.05) is 0 Å². The number of nitrogens with zero attached hydrogens (tertiary/aromatic N) is 1. The Labute approximate surface area is 116 Å². The van der Waals surface area contributed by atoms with E-state index in [0.29, 0.717) is 12.6 Å². The van der Waals surface area contributed by atoms with E-state index in [2.05, 4.69) is 29.6 Å². The zero-order valence-electron chi connectivity index (χ0n) is 12.2. The highest BCUT2D eigenvalue weighted by Crippen LogP contribution is 2.35. The van der Waals surface area contributed by atoms with Crippen molar-refractivity contribution in [3.05, 3.63) is 0 Å². The molecule has 0 aromatic heterocycles. The summed E-state index contributed by atoms with van der Waals surface area (Å²) in [5.41, 5.74) is 0.277. The molecule has 1 heterocycles. The van der Waals surface area contributed by atoms with E-state index in [0.717, 1.165) is 32.6 Å². The zero-order chi connectivity index (χ0) is 13.7. The van der Waals surface area contributed by atoms with Crippen LogP contribution in [0.3, 0.4) is 0 Å². The molecule has 1 aliphatic carbocycles. The Balaban J connectivity index is 1.63. The van der Waals surface area contributed by atoms with Crippen molar-refractivity contribution >= 4 is 5.91 Å². The first kappa shape index (κ1) is 14.8. The van der Waals surface area contributed by atoms with Gasteiger partial charge in [0.15, 0.2) is 0 Å².